The highest BCUT2D eigenvalue weighted by Gasteiger charge is 2.31. The fraction of sp³-hybridized carbons (Fsp3) is 0.615. The van der Waals surface area contributed by atoms with E-state index in [0.29, 0.717) is 17.6 Å². The zero-order valence-corrected chi connectivity index (χ0v) is 11.3. The minimum absolute atomic E-state index is 0.301. The van der Waals surface area contributed by atoms with Crippen LogP contribution in [0.5, 0.6) is 0 Å². The van der Waals surface area contributed by atoms with E-state index >= 15 is 0 Å². The molecule has 3 unspecified atom stereocenters. The standard InChI is InChI=1S/C13H19N5O/c1-3-9-4-5-10(8(9)2)14-11-6-7-12-15-16-13(19)18(12)17-11/h6-10H,3-5H2,1-2H3,(H,14,17)(H,16,19). The lowest BCUT2D eigenvalue weighted by Crippen LogP contribution is -2.26. The highest BCUT2D eigenvalue weighted by Crippen LogP contribution is 2.35. The van der Waals surface area contributed by atoms with Crippen LogP contribution < -0.4 is 11.0 Å². The van der Waals surface area contributed by atoms with Crippen LogP contribution >= 0.6 is 0 Å². The SMILES string of the molecule is CCC1CCC(Nc2ccc3n[nH]c(=O)n3n2)C1C. The summed E-state index contributed by atoms with van der Waals surface area (Å²) in [5, 5.41) is 14.0. The van der Waals surface area contributed by atoms with Crippen molar-refractivity contribution in [2.75, 3.05) is 5.32 Å². The molecule has 1 saturated carbocycles. The molecule has 6 heteroatoms. The molecular weight excluding hydrogens is 242 g/mol. The summed E-state index contributed by atoms with van der Waals surface area (Å²) in [5.74, 6) is 2.17. The van der Waals surface area contributed by atoms with Gasteiger partial charge in [0, 0.05) is 6.04 Å². The van der Waals surface area contributed by atoms with Crippen molar-refractivity contribution in [3.05, 3.63) is 22.6 Å². The molecule has 0 radical (unpaired) electrons. The van der Waals surface area contributed by atoms with E-state index in [4.69, 9.17) is 0 Å². The molecule has 0 spiro atoms. The number of fused-ring (bicyclic) bond motifs is 1. The van der Waals surface area contributed by atoms with E-state index in [9.17, 15) is 4.79 Å². The molecule has 2 N–H and O–H groups in total. The van der Waals surface area contributed by atoms with Gasteiger partial charge >= 0.3 is 5.69 Å². The van der Waals surface area contributed by atoms with Crippen molar-refractivity contribution in [2.45, 2.75) is 39.2 Å². The van der Waals surface area contributed by atoms with E-state index in [1.807, 2.05) is 6.07 Å². The molecule has 1 aliphatic carbocycles. The Bertz CT molecular complexity index is 631. The van der Waals surface area contributed by atoms with Crippen molar-refractivity contribution in [3.8, 4) is 0 Å². The number of nitrogens with one attached hydrogen (secondary N) is 2. The number of rotatable bonds is 3. The summed E-state index contributed by atoms with van der Waals surface area (Å²) in [7, 11) is 0. The van der Waals surface area contributed by atoms with Crippen LogP contribution in [0.2, 0.25) is 0 Å². The predicted octanol–water partition coefficient (Wildman–Crippen LogP) is 1.65. The first-order chi connectivity index (χ1) is 9.19. The highest BCUT2D eigenvalue weighted by molar-refractivity contribution is 5.43. The summed E-state index contributed by atoms with van der Waals surface area (Å²) >= 11 is 0. The van der Waals surface area contributed by atoms with Crippen molar-refractivity contribution < 1.29 is 0 Å². The molecule has 1 aliphatic rings. The first-order valence-electron chi connectivity index (χ1n) is 6.90. The van der Waals surface area contributed by atoms with Crippen LogP contribution in [-0.2, 0) is 0 Å². The largest absolute Gasteiger partial charge is 0.366 e. The number of H-pyrrole nitrogens is 1. The van der Waals surface area contributed by atoms with Gasteiger partial charge in [-0.15, -0.1) is 5.10 Å². The maximum atomic E-state index is 11.5. The molecule has 0 aliphatic heterocycles. The molecular formula is C13H19N5O. The second-order valence-electron chi connectivity index (χ2n) is 5.37. The topological polar surface area (TPSA) is 75.1 Å². The molecule has 3 atom stereocenters. The average Bonchev–Trinajstić information content (AvgIpc) is 2.95. The molecule has 19 heavy (non-hydrogen) atoms. The third kappa shape index (κ3) is 2.11. The van der Waals surface area contributed by atoms with Gasteiger partial charge in [-0.05, 0) is 36.8 Å². The number of hydrogen-bond acceptors (Lipinski definition) is 4. The molecule has 6 nitrogen and oxygen atoms in total. The quantitative estimate of drug-likeness (QED) is 0.881. The lowest BCUT2D eigenvalue weighted by atomic mass is 9.93. The molecule has 1 fully saturated rings. The van der Waals surface area contributed by atoms with E-state index in [0.717, 1.165) is 11.7 Å². The summed E-state index contributed by atoms with van der Waals surface area (Å²) in [4.78, 5) is 11.5. The van der Waals surface area contributed by atoms with Crippen molar-refractivity contribution in [1.29, 1.82) is 0 Å². The van der Waals surface area contributed by atoms with Crippen LogP contribution in [0.4, 0.5) is 5.82 Å². The van der Waals surface area contributed by atoms with E-state index in [-0.39, 0.29) is 5.69 Å². The van der Waals surface area contributed by atoms with Crippen LogP contribution in [0.15, 0.2) is 16.9 Å². The fourth-order valence-corrected chi connectivity index (χ4v) is 3.10. The lowest BCUT2D eigenvalue weighted by molar-refractivity contribution is 0.391. The van der Waals surface area contributed by atoms with Gasteiger partial charge in [0.05, 0.1) is 0 Å². The molecule has 2 aromatic heterocycles. The van der Waals surface area contributed by atoms with Crippen LogP contribution in [0.25, 0.3) is 5.65 Å². The van der Waals surface area contributed by atoms with Gasteiger partial charge in [0.15, 0.2) is 5.65 Å². The van der Waals surface area contributed by atoms with Crippen LogP contribution in [-0.4, -0.2) is 25.9 Å². The van der Waals surface area contributed by atoms with E-state index in [1.165, 1.54) is 23.8 Å². The van der Waals surface area contributed by atoms with Crippen molar-refractivity contribution in [1.82, 2.24) is 19.8 Å². The maximum absolute atomic E-state index is 11.5. The Hall–Kier alpha value is -1.85. The zero-order valence-electron chi connectivity index (χ0n) is 11.3. The third-order valence-corrected chi connectivity index (χ3v) is 4.36. The monoisotopic (exact) mass is 261 g/mol. The third-order valence-electron chi connectivity index (χ3n) is 4.36. The Morgan fingerprint density at radius 3 is 3.05 bits per heavy atom. The molecule has 0 amide bonds. The summed E-state index contributed by atoms with van der Waals surface area (Å²) in [6.45, 7) is 4.54. The fourth-order valence-electron chi connectivity index (χ4n) is 3.10. The maximum Gasteiger partial charge on any atom is 0.364 e. The first kappa shape index (κ1) is 12.2. The van der Waals surface area contributed by atoms with Gasteiger partial charge in [0.25, 0.3) is 0 Å². The van der Waals surface area contributed by atoms with Crippen molar-refractivity contribution in [3.63, 3.8) is 0 Å². The van der Waals surface area contributed by atoms with Gasteiger partial charge in [0.2, 0.25) is 0 Å². The molecule has 2 heterocycles. The minimum Gasteiger partial charge on any atom is -0.366 e. The Labute approximate surface area is 111 Å². The number of hydrogen-bond donors (Lipinski definition) is 2. The van der Waals surface area contributed by atoms with Gasteiger partial charge in [0.1, 0.15) is 5.82 Å². The number of nitrogens with zero attached hydrogens (tertiary/aromatic N) is 3. The lowest BCUT2D eigenvalue weighted by Gasteiger charge is -2.21. The van der Waals surface area contributed by atoms with E-state index in [1.54, 1.807) is 6.07 Å². The van der Waals surface area contributed by atoms with Gasteiger partial charge < -0.3 is 5.32 Å². The van der Waals surface area contributed by atoms with Crippen LogP contribution in [0.1, 0.15) is 33.1 Å². The second-order valence-corrected chi connectivity index (χ2v) is 5.37. The molecule has 3 rings (SSSR count). The summed E-state index contributed by atoms with van der Waals surface area (Å²) in [5.41, 5.74) is 0.242. The Balaban J connectivity index is 1.82. The smallest absolute Gasteiger partial charge is 0.364 e. The predicted molar refractivity (Wildman–Crippen MR) is 73.2 cm³/mol. The summed E-state index contributed by atoms with van der Waals surface area (Å²) in [6.07, 6.45) is 3.66. The molecule has 0 saturated heterocycles. The van der Waals surface area contributed by atoms with E-state index < -0.39 is 0 Å². The number of aromatic nitrogens is 4. The zero-order chi connectivity index (χ0) is 13.4. The number of anilines is 1. The average molecular weight is 261 g/mol. The number of aromatic amines is 1. The Morgan fingerprint density at radius 2 is 2.32 bits per heavy atom. The molecule has 0 aromatic carbocycles. The second kappa shape index (κ2) is 4.68. The van der Waals surface area contributed by atoms with Crippen LogP contribution in [0, 0.1) is 11.8 Å². The van der Waals surface area contributed by atoms with Gasteiger partial charge in [-0.1, -0.05) is 20.3 Å². The van der Waals surface area contributed by atoms with E-state index in [2.05, 4.69) is 34.5 Å². The molecule has 0 bridgehead atoms. The Morgan fingerprint density at radius 1 is 1.47 bits per heavy atom. The highest BCUT2D eigenvalue weighted by atomic mass is 16.2. The first-order valence-corrected chi connectivity index (χ1v) is 6.90. The minimum atomic E-state index is -0.301. The van der Waals surface area contributed by atoms with Crippen molar-refractivity contribution >= 4 is 11.5 Å². The summed E-state index contributed by atoms with van der Waals surface area (Å²) < 4.78 is 1.29. The van der Waals surface area contributed by atoms with Crippen LogP contribution in [0.3, 0.4) is 0 Å². The van der Waals surface area contributed by atoms with Gasteiger partial charge in [-0.3, -0.25) is 0 Å². The Kier molecular flexibility index (Phi) is 3.00. The van der Waals surface area contributed by atoms with Gasteiger partial charge in [-0.2, -0.15) is 9.61 Å². The summed E-state index contributed by atoms with van der Waals surface area (Å²) in [6, 6.07) is 4.11. The normalized spacial score (nSPS) is 26.9. The van der Waals surface area contributed by atoms with Crippen molar-refractivity contribution in [2.24, 2.45) is 11.8 Å². The molecule has 102 valence electrons. The van der Waals surface area contributed by atoms with Gasteiger partial charge in [-0.25, -0.2) is 9.89 Å². The molecule has 2 aromatic rings.